The molecule has 0 bridgehead atoms. The molecule has 0 saturated heterocycles. The van der Waals surface area contributed by atoms with Gasteiger partial charge in [0.15, 0.2) is 6.10 Å². The molecule has 1 N–H and O–H groups in total. The monoisotopic (exact) mass is 488 g/mol. The molecule has 0 saturated carbocycles. The largest absolute Gasteiger partial charge is 0.478 e. The van der Waals surface area contributed by atoms with Crippen LogP contribution in [0.1, 0.15) is 6.42 Å². The Bertz CT molecular complexity index is 1240. The van der Waals surface area contributed by atoms with Crippen LogP contribution in [0.4, 0.5) is 11.4 Å². The van der Waals surface area contributed by atoms with Crippen LogP contribution in [0.25, 0.3) is 0 Å². The van der Waals surface area contributed by atoms with Crippen molar-refractivity contribution in [2.24, 2.45) is 0 Å². The minimum atomic E-state index is -3.57. The van der Waals surface area contributed by atoms with Gasteiger partial charge in [0, 0.05) is 27.8 Å². The number of benzene rings is 3. The molecule has 4 rings (SSSR count). The van der Waals surface area contributed by atoms with Crippen molar-refractivity contribution in [3.8, 4) is 5.75 Å². The van der Waals surface area contributed by atoms with E-state index in [1.54, 1.807) is 23.9 Å². The predicted octanol–water partition coefficient (Wildman–Crippen LogP) is 5.05. The third kappa shape index (κ3) is 5.20. The van der Waals surface area contributed by atoms with Gasteiger partial charge in [-0.3, -0.25) is 9.10 Å². The Balaban J connectivity index is 1.57. The Morgan fingerprint density at radius 1 is 1.09 bits per heavy atom. The number of ether oxygens (including phenoxy) is 1. The Hall–Kier alpha value is -2.68. The van der Waals surface area contributed by atoms with E-state index in [0.29, 0.717) is 22.1 Å². The van der Waals surface area contributed by atoms with Crippen LogP contribution in [-0.2, 0) is 14.8 Å². The van der Waals surface area contributed by atoms with E-state index in [1.165, 1.54) is 10.4 Å². The topological polar surface area (TPSA) is 75.7 Å². The molecule has 3 aromatic carbocycles. The predicted molar refractivity (Wildman–Crippen MR) is 128 cm³/mol. The lowest BCUT2D eigenvalue weighted by molar-refractivity contribution is -0.122. The molecule has 0 unspecified atom stereocenters. The minimum absolute atomic E-state index is 0.102. The van der Waals surface area contributed by atoms with Crippen molar-refractivity contribution >= 4 is 50.7 Å². The second-order valence-corrected chi connectivity index (χ2v) is 10.7. The maximum atomic E-state index is 13.1. The van der Waals surface area contributed by atoms with E-state index >= 15 is 0 Å². The number of halogens is 1. The van der Waals surface area contributed by atoms with Crippen LogP contribution in [0.5, 0.6) is 5.75 Å². The number of carbonyl (C=O) groups is 1. The highest BCUT2D eigenvalue weighted by Gasteiger charge is 2.31. The van der Waals surface area contributed by atoms with E-state index in [1.807, 2.05) is 54.6 Å². The number of anilines is 2. The number of carbonyl (C=O) groups excluding carboxylic acids is 1. The summed E-state index contributed by atoms with van der Waals surface area (Å²) in [4.78, 5) is 15.1. The van der Waals surface area contributed by atoms with Crippen LogP contribution in [0.2, 0.25) is 5.02 Å². The number of hydrogen-bond acceptors (Lipinski definition) is 5. The zero-order valence-electron chi connectivity index (χ0n) is 17.2. The highest BCUT2D eigenvalue weighted by molar-refractivity contribution is 7.99. The van der Waals surface area contributed by atoms with Gasteiger partial charge in [0.2, 0.25) is 10.0 Å². The summed E-state index contributed by atoms with van der Waals surface area (Å²) in [5.74, 6) is -0.0493. The molecule has 1 aliphatic rings. The number of amides is 1. The first-order valence-electron chi connectivity index (χ1n) is 9.88. The van der Waals surface area contributed by atoms with Crippen LogP contribution in [-0.4, -0.2) is 33.2 Å². The lowest BCUT2D eigenvalue weighted by Crippen LogP contribution is -2.36. The van der Waals surface area contributed by atoms with Crippen molar-refractivity contribution < 1.29 is 17.9 Å². The number of sulfonamides is 1. The van der Waals surface area contributed by atoms with Crippen molar-refractivity contribution in [1.82, 2.24) is 0 Å². The van der Waals surface area contributed by atoms with Crippen molar-refractivity contribution in [3.05, 3.63) is 77.8 Å². The van der Waals surface area contributed by atoms with E-state index in [4.69, 9.17) is 16.3 Å². The second kappa shape index (κ2) is 9.44. The Morgan fingerprint density at radius 3 is 2.56 bits per heavy atom. The maximum Gasteiger partial charge on any atom is 0.265 e. The van der Waals surface area contributed by atoms with Gasteiger partial charge in [-0.15, -0.1) is 0 Å². The first-order chi connectivity index (χ1) is 15.3. The quantitative estimate of drug-likeness (QED) is 0.544. The normalized spacial score (nSPS) is 15.9. The van der Waals surface area contributed by atoms with Gasteiger partial charge < -0.3 is 10.1 Å². The van der Waals surface area contributed by atoms with Crippen molar-refractivity contribution in [1.29, 1.82) is 0 Å². The lowest BCUT2D eigenvalue weighted by atomic mass is 10.2. The molecule has 0 spiro atoms. The first kappa shape index (κ1) is 22.5. The number of hydrogen-bond donors (Lipinski definition) is 1. The molecule has 9 heteroatoms. The Kier molecular flexibility index (Phi) is 6.64. The molecule has 0 fully saturated rings. The van der Waals surface area contributed by atoms with Gasteiger partial charge in [-0.2, -0.15) is 0 Å². The fraction of sp³-hybridized carbons (Fsp3) is 0.174. The van der Waals surface area contributed by atoms with Crippen LogP contribution in [0, 0.1) is 0 Å². The van der Waals surface area contributed by atoms with Gasteiger partial charge in [0.1, 0.15) is 5.75 Å². The van der Waals surface area contributed by atoms with Gasteiger partial charge in [0.25, 0.3) is 5.91 Å². The highest BCUT2D eigenvalue weighted by Crippen LogP contribution is 2.37. The number of rotatable bonds is 5. The third-order valence-electron chi connectivity index (χ3n) is 4.86. The van der Waals surface area contributed by atoms with Crippen LogP contribution >= 0.6 is 23.4 Å². The molecule has 0 aliphatic carbocycles. The first-order valence-corrected chi connectivity index (χ1v) is 12.9. The SMILES string of the molecule is CS(=O)(=O)N1CC[C@@H](C(=O)Nc2ccccc2Sc2ccccc2)Oc2ccc(Cl)cc21. The summed E-state index contributed by atoms with van der Waals surface area (Å²) in [6.07, 6.45) is 0.449. The number of nitrogens with one attached hydrogen (secondary N) is 1. The fourth-order valence-corrected chi connectivity index (χ4v) is 5.40. The summed E-state index contributed by atoms with van der Waals surface area (Å²) in [6, 6.07) is 22.1. The Labute approximate surface area is 196 Å². The molecule has 1 atom stereocenters. The van der Waals surface area contributed by atoms with Crippen molar-refractivity contribution in [3.63, 3.8) is 0 Å². The molecule has 1 aliphatic heterocycles. The molecule has 32 heavy (non-hydrogen) atoms. The molecular formula is C23H21ClN2O4S2. The molecule has 0 radical (unpaired) electrons. The van der Waals surface area contributed by atoms with Crippen molar-refractivity contribution in [2.45, 2.75) is 22.3 Å². The number of nitrogens with zero attached hydrogens (tertiary/aromatic N) is 1. The zero-order valence-corrected chi connectivity index (χ0v) is 19.6. The summed E-state index contributed by atoms with van der Waals surface area (Å²) < 4.78 is 31.8. The summed E-state index contributed by atoms with van der Waals surface area (Å²) in [7, 11) is -3.57. The summed E-state index contributed by atoms with van der Waals surface area (Å²) in [5.41, 5.74) is 0.992. The Morgan fingerprint density at radius 2 is 1.81 bits per heavy atom. The van der Waals surface area contributed by atoms with E-state index in [9.17, 15) is 13.2 Å². The average Bonchev–Trinajstić information content (AvgIpc) is 2.95. The zero-order chi connectivity index (χ0) is 22.7. The van der Waals surface area contributed by atoms with Crippen LogP contribution in [0.3, 0.4) is 0 Å². The van der Waals surface area contributed by atoms with Gasteiger partial charge in [-0.05, 0) is 42.5 Å². The molecule has 0 aromatic heterocycles. The summed E-state index contributed by atoms with van der Waals surface area (Å²) in [6.45, 7) is 0.102. The van der Waals surface area contributed by atoms with Gasteiger partial charge in [-0.1, -0.05) is 53.7 Å². The minimum Gasteiger partial charge on any atom is -0.478 e. The molecular weight excluding hydrogens is 468 g/mol. The van der Waals surface area contributed by atoms with Gasteiger partial charge in [0.05, 0.1) is 17.6 Å². The van der Waals surface area contributed by atoms with E-state index in [0.717, 1.165) is 16.0 Å². The van der Waals surface area contributed by atoms with Crippen LogP contribution in [0.15, 0.2) is 82.6 Å². The third-order valence-corrected chi connectivity index (χ3v) is 7.36. The molecule has 6 nitrogen and oxygen atoms in total. The van der Waals surface area contributed by atoms with Crippen LogP contribution < -0.4 is 14.4 Å². The van der Waals surface area contributed by atoms with Crippen molar-refractivity contribution in [2.75, 3.05) is 22.4 Å². The second-order valence-electron chi connectivity index (χ2n) is 7.24. The standard InChI is InChI=1S/C23H21ClN2O4S2/c1-32(28,29)26-14-13-21(30-20-12-11-16(24)15-19(20)26)23(27)25-18-9-5-6-10-22(18)31-17-7-3-2-4-8-17/h2-12,15,21H,13-14H2,1H3,(H,25,27)/t21-/m0/s1. The van der Waals surface area contributed by atoms with E-state index < -0.39 is 16.1 Å². The van der Waals surface area contributed by atoms with E-state index in [2.05, 4.69) is 5.32 Å². The number of fused-ring (bicyclic) bond motifs is 1. The fourth-order valence-electron chi connectivity index (χ4n) is 3.37. The molecule has 1 amide bonds. The summed E-state index contributed by atoms with van der Waals surface area (Å²) in [5, 5.41) is 3.33. The molecule has 3 aromatic rings. The van der Waals surface area contributed by atoms with Gasteiger partial charge in [-0.25, -0.2) is 8.42 Å². The molecule has 1 heterocycles. The lowest BCUT2D eigenvalue weighted by Gasteiger charge is -2.21. The number of para-hydroxylation sites is 1. The van der Waals surface area contributed by atoms with Gasteiger partial charge >= 0.3 is 0 Å². The smallest absolute Gasteiger partial charge is 0.265 e. The maximum absolute atomic E-state index is 13.1. The summed E-state index contributed by atoms with van der Waals surface area (Å²) >= 11 is 7.62. The van der Waals surface area contributed by atoms with E-state index in [-0.39, 0.29) is 18.9 Å². The molecule has 166 valence electrons. The average molecular weight is 489 g/mol. The highest BCUT2D eigenvalue weighted by atomic mass is 35.5.